The molecule has 4 rings (SSSR count). The van der Waals surface area contributed by atoms with Gasteiger partial charge < -0.3 is 10.2 Å². The molecule has 0 aliphatic heterocycles. The van der Waals surface area contributed by atoms with Crippen molar-refractivity contribution in [3.05, 3.63) is 35.4 Å². The van der Waals surface area contributed by atoms with Crippen LogP contribution in [0.15, 0.2) is 18.7 Å². The molecule has 2 saturated carbocycles. The third-order valence-corrected chi connectivity index (χ3v) is 7.04. The largest absolute Gasteiger partial charge is 0.507 e. The van der Waals surface area contributed by atoms with E-state index >= 15 is 0 Å². The lowest BCUT2D eigenvalue weighted by molar-refractivity contribution is -0.0226. The lowest BCUT2D eigenvalue weighted by Crippen LogP contribution is -2.43. The van der Waals surface area contributed by atoms with E-state index < -0.39 is 0 Å². The number of aryl methyl sites for hydroxylation is 1. The average Bonchev–Trinajstić information content (AvgIpc) is 2.82. The van der Waals surface area contributed by atoms with Crippen LogP contribution in [0.25, 0.3) is 6.08 Å². The summed E-state index contributed by atoms with van der Waals surface area (Å²) in [5.74, 6) is 2.33. The Balaban J connectivity index is 1.74. The van der Waals surface area contributed by atoms with Crippen LogP contribution in [-0.4, -0.2) is 16.3 Å². The molecular formula is C20H26O2. The van der Waals surface area contributed by atoms with Gasteiger partial charge in [0.15, 0.2) is 0 Å². The van der Waals surface area contributed by atoms with Crippen LogP contribution in [0, 0.1) is 17.3 Å². The van der Waals surface area contributed by atoms with Crippen molar-refractivity contribution >= 4 is 6.08 Å². The number of benzene rings is 1. The maximum atomic E-state index is 10.4. The Kier molecular flexibility index (Phi) is 3.16. The molecule has 0 amide bonds. The van der Waals surface area contributed by atoms with Gasteiger partial charge in [-0.05, 0) is 85.0 Å². The molecule has 1 aromatic rings. The highest BCUT2D eigenvalue weighted by molar-refractivity contribution is 5.59. The van der Waals surface area contributed by atoms with Crippen molar-refractivity contribution in [3.8, 4) is 5.75 Å². The Morgan fingerprint density at radius 3 is 2.82 bits per heavy atom. The fourth-order valence-corrected chi connectivity index (χ4v) is 5.76. The molecule has 0 heterocycles. The van der Waals surface area contributed by atoms with Crippen LogP contribution in [0.3, 0.4) is 0 Å². The zero-order chi connectivity index (χ0) is 15.5. The predicted molar refractivity (Wildman–Crippen MR) is 88.8 cm³/mol. The Bertz CT molecular complexity index is 620. The number of aliphatic hydroxyl groups excluding tert-OH is 1. The first-order chi connectivity index (χ1) is 10.5. The van der Waals surface area contributed by atoms with E-state index in [1.807, 2.05) is 6.07 Å². The van der Waals surface area contributed by atoms with Gasteiger partial charge in [0, 0.05) is 5.56 Å². The Morgan fingerprint density at radius 1 is 1.23 bits per heavy atom. The quantitative estimate of drug-likeness (QED) is 0.813. The van der Waals surface area contributed by atoms with Gasteiger partial charge >= 0.3 is 0 Å². The van der Waals surface area contributed by atoms with Gasteiger partial charge in [-0.3, -0.25) is 0 Å². The molecule has 2 nitrogen and oxygen atoms in total. The van der Waals surface area contributed by atoms with Crippen LogP contribution in [0.5, 0.6) is 5.75 Å². The molecule has 0 unspecified atom stereocenters. The van der Waals surface area contributed by atoms with Crippen LogP contribution in [0.2, 0.25) is 0 Å². The average molecular weight is 298 g/mol. The summed E-state index contributed by atoms with van der Waals surface area (Å²) in [4.78, 5) is 0. The Labute approximate surface area is 132 Å². The van der Waals surface area contributed by atoms with Crippen molar-refractivity contribution in [1.29, 1.82) is 0 Å². The third kappa shape index (κ3) is 1.83. The first-order valence-electron chi connectivity index (χ1n) is 8.71. The van der Waals surface area contributed by atoms with Gasteiger partial charge in [-0.25, -0.2) is 0 Å². The number of fused-ring (bicyclic) bond motifs is 5. The molecule has 3 aliphatic rings. The van der Waals surface area contributed by atoms with Crippen molar-refractivity contribution in [3.63, 3.8) is 0 Å². The topological polar surface area (TPSA) is 40.5 Å². The van der Waals surface area contributed by atoms with E-state index in [1.165, 1.54) is 30.4 Å². The van der Waals surface area contributed by atoms with E-state index in [0.29, 0.717) is 23.5 Å². The van der Waals surface area contributed by atoms with Crippen molar-refractivity contribution in [2.75, 3.05) is 0 Å². The van der Waals surface area contributed by atoms with Gasteiger partial charge in [0.25, 0.3) is 0 Å². The molecule has 118 valence electrons. The van der Waals surface area contributed by atoms with Crippen LogP contribution in [0.1, 0.15) is 61.6 Å². The van der Waals surface area contributed by atoms with Crippen LogP contribution in [-0.2, 0) is 6.42 Å². The highest BCUT2D eigenvalue weighted by atomic mass is 16.3. The summed E-state index contributed by atoms with van der Waals surface area (Å²) in [5, 5.41) is 20.5. The molecule has 2 fully saturated rings. The SMILES string of the molecule is C=Cc1cc2c(cc1O)CC[C@H]1[C@H]2CC[C@]2(C)[C@@H](O)CC[C@@H]12. The van der Waals surface area contributed by atoms with Gasteiger partial charge in [-0.1, -0.05) is 19.6 Å². The van der Waals surface area contributed by atoms with E-state index in [2.05, 4.69) is 19.6 Å². The normalized spacial score (nSPS) is 39.7. The molecule has 0 radical (unpaired) electrons. The predicted octanol–water partition coefficient (Wildman–Crippen LogP) is 4.25. The van der Waals surface area contributed by atoms with Crippen LogP contribution < -0.4 is 0 Å². The van der Waals surface area contributed by atoms with Crippen LogP contribution in [0.4, 0.5) is 0 Å². The van der Waals surface area contributed by atoms with Crippen molar-refractivity contribution in [2.24, 2.45) is 17.3 Å². The van der Waals surface area contributed by atoms with Crippen LogP contribution >= 0.6 is 0 Å². The van der Waals surface area contributed by atoms with E-state index in [0.717, 1.165) is 24.8 Å². The fourth-order valence-electron chi connectivity index (χ4n) is 5.76. The summed E-state index contributed by atoms with van der Waals surface area (Å²) in [5.41, 5.74) is 3.76. The number of phenols is 1. The van der Waals surface area contributed by atoms with Crippen molar-refractivity contribution < 1.29 is 10.2 Å². The number of aromatic hydroxyl groups is 1. The summed E-state index contributed by atoms with van der Waals surface area (Å²) in [7, 11) is 0. The third-order valence-electron chi connectivity index (χ3n) is 7.04. The van der Waals surface area contributed by atoms with Gasteiger partial charge in [-0.2, -0.15) is 0 Å². The molecule has 1 aromatic carbocycles. The fraction of sp³-hybridized carbons (Fsp3) is 0.600. The lowest BCUT2D eigenvalue weighted by Gasteiger charge is -2.50. The zero-order valence-electron chi connectivity index (χ0n) is 13.4. The first-order valence-corrected chi connectivity index (χ1v) is 8.71. The second-order valence-corrected chi connectivity index (χ2v) is 7.87. The molecule has 0 saturated heterocycles. The zero-order valence-corrected chi connectivity index (χ0v) is 13.4. The molecule has 2 N–H and O–H groups in total. The number of hydrogen-bond acceptors (Lipinski definition) is 2. The minimum atomic E-state index is -0.108. The summed E-state index contributed by atoms with van der Waals surface area (Å²) in [6, 6.07) is 4.13. The number of aliphatic hydroxyl groups is 1. The van der Waals surface area contributed by atoms with Gasteiger partial charge in [0.05, 0.1) is 6.10 Å². The van der Waals surface area contributed by atoms with Gasteiger partial charge in [-0.15, -0.1) is 0 Å². The van der Waals surface area contributed by atoms with Crippen molar-refractivity contribution in [1.82, 2.24) is 0 Å². The number of rotatable bonds is 1. The second kappa shape index (κ2) is 4.86. The molecule has 0 aromatic heterocycles. The van der Waals surface area contributed by atoms with Gasteiger partial charge in [0.1, 0.15) is 5.75 Å². The molecule has 22 heavy (non-hydrogen) atoms. The maximum absolute atomic E-state index is 10.4. The number of phenolic OH excluding ortho intramolecular Hbond substituents is 1. The lowest BCUT2D eigenvalue weighted by atomic mass is 9.55. The summed E-state index contributed by atoms with van der Waals surface area (Å²) < 4.78 is 0. The van der Waals surface area contributed by atoms with E-state index in [1.54, 1.807) is 6.08 Å². The second-order valence-electron chi connectivity index (χ2n) is 7.87. The summed E-state index contributed by atoms with van der Waals surface area (Å²) >= 11 is 0. The monoisotopic (exact) mass is 298 g/mol. The summed E-state index contributed by atoms with van der Waals surface area (Å²) in [6.45, 7) is 6.14. The maximum Gasteiger partial charge on any atom is 0.123 e. The molecular weight excluding hydrogens is 272 g/mol. The minimum Gasteiger partial charge on any atom is -0.507 e. The van der Waals surface area contributed by atoms with E-state index in [4.69, 9.17) is 0 Å². The summed E-state index contributed by atoms with van der Waals surface area (Å²) in [6.07, 6.45) is 8.37. The van der Waals surface area contributed by atoms with Crippen molar-refractivity contribution in [2.45, 2.75) is 57.5 Å². The molecule has 3 aliphatic carbocycles. The molecule has 0 spiro atoms. The van der Waals surface area contributed by atoms with Gasteiger partial charge in [0.2, 0.25) is 0 Å². The highest BCUT2D eigenvalue weighted by Crippen LogP contribution is 2.61. The van der Waals surface area contributed by atoms with E-state index in [9.17, 15) is 10.2 Å². The Morgan fingerprint density at radius 2 is 2.05 bits per heavy atom. The highest BCUT2D eigenvalue weighted by Gasteiger charge is 2.54. The molecule has 2 heteroatoms. The minimum absolute atomic E-state index is 0.108. The standard InChI is InChI=1S/C20H26O2/c1-3-12-10-16-13(11-18(12)21)4-5-15-14(16)8-9-20(2)17(15)6-7-19(20)22/h3,10-11,14-15,17,19,21-22H,1,4-9H2,2H3/t14-,15+,17+,19+,20+/m1/s1. The Hall–Kier alpha value is -1.28. The smallest absolute Gasteiger partial charge is 0.123 e. The van der Waals surface area contributed by atoms with E-state index in [-0.39, 0.29) is 11.5 Å². The number of hydrogen-bond donors (Lipinski definition) is 2. The first kappa shape index (κ1) is 14.3. The molecule has 5 atom stereocenters. The molecule has 0 bridgehead atoms.